The van der Waals surface area contributed by atoms with E-state index in [-0.39, 0.29) is 23.0 Å². The maximum absolute atomic E-state index is 12.8. The van der Waals surface area contributed by atoms with Crippen molar-refractivity contribution < 1.29 is 9.53 Å². The molecule has 0 aliphatic carbocycles. The topological polar surface area (TPSA) is 86.4 Å². The van der Waals surface area contributed by atoms with Crippen LogP contribution in [0.3, 0.4) is 0 Å². The van der Waals surface area contributed by atoms with E-state index in [1.807, 2.05) is 23.6 Å². The highest BCUT2D eigenvalue weighted by Gasteiger charge is 2.20. The van der Waals surface area contributed by atoms with Crippen molar-refractivity contribution >= 4 is 22.5 Å². The minimum atomic E-state index is -0.370. The molecular formula is C18H23N3O3. The molecule has 6 nitrogen and oxygen atoms in total. The Morgan fingerprint density at radius 3 is 3.00 bits per heavy atom. The number of hydrogen-bond donors (Lipinski definition) is 2. The number of benzene rings is 1. The summed E-state index contributed by atoms with van der Waals surface area (Å²) < 4.78 is 7.43. The molecule has 1 atom stereocenters. The van der Waals surface area contributed by atoms with Crippen LogP contribution < -0.4 is 16.5 Å². The number of rotatable bonds is 5. The number of carbonyl (C=O) groups is 1. The van der Waals surface area contributed by atoms with E-state index < -0.39 is 0 Å². The second kappa shape index (κ2) is 7.05. The van der Waals surface area contributed by atoms with E-state index in [1.165, 1.54) is 0 Å². The van der Waals surface area contributed by atoms with Gasteiger partial charge in [-0.05, 0) is 31.4 Å². The van der Waals surface area contributed by atoms with Crippen LogP contribution in [-0.4, -0.2) is 29.7 Å². The molecule has 3 N–H and O–H groups in total. The van der Waals surface area contributed by atoms with Gasteiger partial charge in [-0.15, -0.1) is 0 Å². The fraction of sp³-hybridized carbons (Fsp3) is 0.444. The molecule has 1 amide bonds. The molecule has 0 bridgehead atoms. The minimum Gasteiger partial charge on any atom is -0.398 e. The molecule has 2 heterocycles. The molecule has 1 saturated heterocycles. The zero-order chi connectivity index (χ0) is 17.1. The van der Waals surface area contributed by atoms with Crippen LogP contribution in [0.1, 0.15) is 36.5 Å². The number of amides is 1. The number of nitrogens with one attached hydrogen (secondary N) is 1. The van der Waals surface area contributed by atoms with Crippen LogP contribution in [0.25, 0.3) is 10.9 Å². The molecule has 1 aromatic carbocycles. The lowest BCUT2D eigenvalue weighted by Crippen LogP contribution is -2.35. The smallest absolute Gasteiger partial charge is 0.256 e. The molecule has 0 radical (unpaired) electrons. The predicted octanol–water partition coefficient (Wildman–Crippen LogP) is 1.90. The van der Waals surface area contributed by atoms with E-state index in [1.54, 1.807) is 12.3 Å². The van der Waals surface area contributed by atoms with E-state index in [9.17, 15) is 9.59 Å². The van der Waals surface area contributed by atoms with Gasteiger partial charge in [0.1, 0.15) is 5.56 Å². The van der Waals surface area contributed by atoms with Crippen LogP contribution in [0.15, 0.2) is 29.2 Å². The average molecular weight is 329 g/mol. The van der Waals surface area contributed by atoms with Gasteiger partial charge in [0.15, 0.2) is 0 Å². The van der Waals surface area contributed by atoms with Crippen LogP contribution in [0.5, 0.6) is 0 Å². The SMILES string of the molecule is CCCn1cc(C(=O)NCC2CCCO2)c(=O)c2c(N)cccc21. The summed E-state index contributed by atoms with van der Waals surface area (Å²) >= 11 is 0. The Morgan fingerprint density at radius 1 is 1.46 bits per heavy atom. The Bertz CT molecular complexity index is 807. The Hall–Kier alpha value is -2.34. The van der Waals surface area contributed by atoms with E-state index in [0.29, 0.717) is 24.2 Å². The quantitative estimate of drug-likeness (QED) is 0.820. The zero-order valence-electron chi connectivity index (χ0n) is 13.9. The Balaban J connectivity index is 1.97. The van der Waals surface area contributed by atoms with Gasteiger partial charge in [-0.1, -0.05) is 13.0 Å². The molecule has 1 aliphatic rings. The third-order valence-corrected chi connectivity index (χ3v) is 4.36. The summed E-state index contributed by atoms with van der Waals surface area (Å²) in [7, 11) is 0. The molecule has 2 aromatic rings. The average Bonchev–Trinajstić information content (AvgIpc) is 3.08. The van der Waals surface area contributed by atoms with Crippen molar-refractivity contribution in [3.63, 3.8) is 0 Å². The lowest BCUT2D eigenvalue weighted by Gasteiger charge is -2.15. The standard InChI is InChI=1S/C18H23N3O3/c1-2-8-21-11-13(18(23)20-10-12-5-4-9-24-12)17(22)16-14(19)6-3-7-15(16)21/h3,6-7,11-12H,2,4-5,8-10,19H2,1H3,(H,20,23). The Morgan fingerprint density at radius 2 is 2.29 bits per heavy atom. The second-order valence-electron chi connectivity index (χ2n) is 6.15. The van der Waals surface area contributed by atoms with Gasteiger partial charge in [0.25, 0.3) is 5.91 Å². The number of nitrogen functional groups attached to an aromatic ring is 1. The van der Waals surface area contributed by atoms with Gasteiger partial charge in [-0.3, -0.25) is 9.59 Å². The number of ether oxygens (including phenoxy) is 1. The van der Waals surface area contributed by atoms with E-state index >= 15 is 0 Å². The minimum absolute atomic E-state index is 0.0392. The lowest BCUT2D eigenvalue weighted by atomic mass is 10.1. The molecule has 1 aromatic heterocycles. The highest BCUT2D eigenvalue weighted by Crippen LogP contribution is 2.19. The Labute approximate surface area is 140 Å². The van der Waals surface area contributed by atoms with E-state index in [4.69, 9.17) is 10.5 Å². The first-order valence-corrected chi connectivity index (χ1v) is 8.43. The summed E-state index contributed by atoms with van der Waals surface area (Å²) in [6.07, 6.45) is 4.51. The number of aryl methyl sites for hydroxylation is 1. The van der Waals surface area contributed by atoms with Crippen molar-refractivity contribution in [3.8, 4) is 0 Å². The van der Waals surface area contributed by atoms with Crippen molar-refractivity contribution in [1.29, 1.82) is 0 Å². The number of carbonyl (C=O) groups excluding carboxylic acids is 1. The van der Waals surface area contributed by atoms with Gasteiger partial charge in [-0.25, -0.2) is 0 Å². The lowest BCUT2D eigenvalue weighted by molar-refractivity contribution is 0.0856. The van der Waals surface area contributed by atoms with Crippen LogP contribution in [0.2, 0.25) is 0 Å². The molecule has 1 aliphatic heterocycles. The van der Waals surface area contributed by atoms with Crippen molar-refractivity contribution in [2.45, 2.75) is 38.8 Å². The first-order valence-electron chi connectivity index (χ1n) is 8.43. The maximum atomic E-state index is 12.8. The summed E-state index contributed by atoms with van der Waals surface area (Å²) in [6, 6.07) is 5.37. The summed E-state index contributed by atoms with van der Waals surface area (Å²) in [5.74, 6) is -0.370. The van der Waals surface area contributed by atoms with Crippen molar-refractivity contribution in [3.05, 3.63) is 40.2 Å². The molecule has 3 rings (SSSR count). The largest absolute Gasteiger partial charge is 0.398 e. The monoisotopic (exact) mass is 329 g/mol. The van der Waals surface area contributed by atoms with Crippen LogP contribution in [-0.2, 0) is 11.3 Å². The van der Waals surface area contributed by atoms with Gasteiger partial charge in [0, 0.05) is 31.6 Å². The number of hydrogen-bond acceptors (Lipinski definition) is 4. The van der Waals surface area contributed by atoms with Crippen LogP contribution in [0, 0.1) is 0 Å². The fourth-order valence-electron chi connectivity index (χ4n) is 3.16. The molecule has 0 spiro atoms. The maximum Gasteiger partial charge on any atom is 0.256 e. The number of nitrogens with two attached hydrogens (primary N) is 1. The van der Waals surface area contributed by atoms with Crippen molar-refractivity contribution in [1.82, 2.24) is 9.88 Å². The van der Waals surface area contributed by atoms with Crippen molar-refractivity contribution in [2.75, 3.05) is 18.9 Å². The molecule has 24 heavy (non-hydrogen) atoms. The number of pyridine rings is 1. The highest BCUT2D eigenvalue weighted by atomic mass is 16.5. The summed E-state index contributed by atoms with van der Waals surface area (Å²) in [6.45, 7) is 3.92. The highest BCUT2D eigenvalue weighted by molar-refractivity contribution is 6.00. The van der Waals surface area contributed by atoms with Crippen molar-refractivity contribution in [2.24, 2.45) is 0 Å². The number of anilines is 1. The van der Waals surface area contributed by atoms with Gasteiger partial charge in [0.2, 0.25) is 5.43 Å². The zero-order valence-corrected chi connectivity index (χ0v) is 13.9. The van der Waals surface area contributed by atoms with Crippen LogP contribution in [0.4, 0.5) is 5.69 Å². The fourth-order valence-corrected chi connectivity index (χ4v) is 3.16. The molecule has 6 heteroatoms. The Kier molecular flexibility index (Phi) is 4.85. The van der Waals surface area contributed by atoms with Gasteiger partial charge in [-0.2, -0.15) is 0 Å². The second-order valence-corrected chi connectivity index (χ2v) is 6.15. The van der Waals surface area contributed by atoms with Gasteiger partial charge >= 0.3 is 0 Å². The molecule has 0 saturated carbocycles. The first kappa shape index (κ1) is 16.5. The predicted molar refractivity (Wildman–Crippen MR) is 94.2 cm³/mol. The summed E-state index contributed by atoms with van der Waals surface area (Å²) in [4.78, 5) is 25.3. The molecule has 1 unspecified atom stereocenters. The number of nitrogens with zero attached hydrogens (tertiary/aromatic N) is 1. The summed E-state index contributed by atoms with van der Waals surface area (Å²) in [5, 5.41) is 3.23. The number of aromatic nitrogens is 1. The first-order chi connectivity index (χ1) is 11.6. The molecule has 1 fully saturated rings. The normalized spacial score (nSPS) is 17.3. The summed E-state index contributed by atoms with van der Waals surface area (Å²) in [5.41, 5.74) is 6.97. The van der Waals surface area contributed by atoms with Gasteiger partial charge < -0.3 is 20.4 Å². The van der Waals surface area contributed by atoms with E-state index in [2.05, 4.69) is 5.32 Å². The number of fused-ring (bicyclic) bond motifs is 1. The van der Waals surface area contributed by atoms with Crippen LogP contribution >= 0.6 is 0 Å². The third kappa shape index (κ3) is 3.14. The van der Waals surface area contributed by atoms with Gasteiger partial charge in [0.05, 0.1) is 17.0 Å². The molecular weight excluding hydrogens is 306 g/mol. The van der Waals surface area contributed by atoms with E-state index in [0.717, 1.165) is 31.4 Å². The third-order valence-electron chi connectivity index (χ3n) is 4.36. The molecule has 128 valence electrons.